The highest BCUT2D eigenvalue weighted by Gasteiger charge is 2.01. The van der Waals surface area contributed by atoms with Crippen LogP contribution in [0.5, 0.6) is 0 Å². The van der Waals surface area contributed by atoms with E-state index >= 15 is 0 Å². The predicted octanol–water partition coefficient (Wildman–Crippen LogP) is 1.35. The van der Waals surface area contributed by atoms with Crippen molar-refractivity contribution in [1.82, 2.24) is 9.97 Å². The molecule has 3 nitrogen and oxygen atoms in total. The fourth-order valence-corrected chi connectivity index (χ4v) is 1.01. The summed E-state index contributed by atoms with van der Waals surface area (Å²) in [6.07, 6.45) is 1.40. The van der Waals surface area contributed by atoms with Gasteiger partial charge >= 0.3 is 0 Å². The normalized spacial score (nSPS) is 10.4. The van der Waals surface area contributed by atoms with Crippen molar-refractivity contribution < 1.29 is 4.39 Å². The van der Waals surface area contributed by atoms with Gasteiger partial charge in [0.2, 0.25) is 0 Å². The Morgan fingerprint density at radius 2 is 2.17 bits per heavy atom. The second-order valence-electron chi connectivity index (χ2n) is 2.40. The van der Waals surface area contributed by atoms with Gasteiger partial charge in [0, 0.05) is 0 Å². The van der Waals surface area contributed by atoms with E-state index in [0.29, 0.717) is 5.52 Å². The summed E-state index contributed by atoms with van der Waals surface area (Å²) in [4.78, 5) is 7.73. The van der Waals surface area contributed by atoms with Crippen molar-refractivity contribution >= 4 is 16.9 Å². The number of halogens is 1. The first kappa shape index (κ1) is 6.97. The van der Waals surface area contributed by atoms with Gasteiger partial charge in [0.15, 0.2) is 5.82 Å². The molecule has 0 fully saturated rings. The number of para-hydroxylation sites is 1. The highest BCUT2D eigenvalue weighted by Crippen LogP contribution is 2.13. The minimum atomic E-state index is -0.396. The number of hydrogen-bond donors (Lipinski definition) is 1. The standard InChI is InChI=1S/C8H6FN3/c9-5-2-1-3-6-8(5)12-7(10)4-11-6/h1-4H,(H2,10,12). The van der Waals surface area contributed by atoms with Gasteiger partial charge in [-0.05, 0) is 12.1 Å². The molecule has 0 atom stereocenters. The molecule has 1 aromatic heterocycles. The van der Waals surface area contributed by atoms with Crippen LogP contribution >= 0.6 is 0 Å². The van der Waals surface area contributed by atoms with Gasteiger partial charge in [-0.1, -0.05) is 6.07 Å². The van der Waals surface area contributed by atoms with E-state index < -0.39 is 5.82 Å². The van der Waals surface area contributed by atoms with Crippen LogP contribution in [-0.4, -0.2) is 9.97 Å². The van der Waals surface area contributed by atoms with Gasteiger partial charge in [0.05, 0.1) is 11.7 Å². The zero-order valence-electron chi connectivity index (χ0n) is 6.16. The number of fused-ring (bicyclic) bond motifs is 1. The SMILES string of the molecule is Nc1cnc2cccc(F)c2n1. The van der Waals surface area contributed by atoms with Gasteiger partial charge in [-0.15, -0.1) is 0 Å². The molecule has 0 aliphatic carbocycles. The number of benzene rings is 1. The quantitative estimate of drug-likeness (QED) is 0.637. The number of hydrogen-bond acceptors (Lipinski definition) is 3. The average molecular weight is 163 g/mol. The highest BCUT2D eigenvalue weighted by molar-refractivity contribution is 5.75. The monoisotopic (exact) mass is 163 g/mol. The van der Waals surface area contributed by atoms with Crippen LogP contribution in [-0.2, 0) is 0 Å². The summed E-state index contributed by atoms with van der Waals surface area (Å²) < 4.78 is 13.0. The first-order valence-electron chi connectivity index (χ1n) is 3.44. The summed E-state index contributed by atoms with van der Waals surface area (Å²) in [6, 6.07) is 4.60. The molecule has 0 bridgehead atoms. The lowest BCUT2D eigenvalue weighted by molar-refractivity contribution is 0.636. The minimum Gasteiger partial charge on any atom is -0.382 e. The largest absolute Gasteiger partial charge is 0.382 e. The predicted molar refractivity (Wildman–Crippen MR) is 43.9 cm³/mol. The van der Waals surface area contributed by atoms with Gasteiger partial charge in [0.1, 0.15) is 11.3 Å². The first-order chi connectivity index (χ1) is 5.77. The Morgan fingerprint density at radius 3 is 3.00 bits per heavy atom. The van der Waals surface area contributed by atoms with Crippen LogP contribution in [0.25, 0.3) is 11.0 Å². The summed E-state index contributed by atoms with van der Waals surface area (Å²) in [6.45, 7) is 0. The van der Waals surface area contributed by atoms with E-state index in [1.165, 1.54) is 12.3 Å². The van der Waals surface area contributed by atoms with Crippen molar-refractivity contribution in [2.75, 3.05) is 5.73 Å². The van der Waals surface area contributed by atoms with E-state index in [1.807, 2.05) is 0 Å². The van der Waals surface area contributed by atoms with E-state index in [4.69, 9.17) is 5.73 Å². The molecule has 2 rings (SSSR count). The molecule has 2 aromatic rings. The van der Waals surface area contributed by atoms with Gasteiger partial charge in [-0.2, -0.15) is 0 Å². The molecule has 2 N–H and O–H groups in total. The van der Waals surface area contributed by atoms with Gasteiger partial charge < -0.3 is 5.73 Å². The maximum absolute atomic E-state index is 13.0. The van der Waals surface area contributed by atoms with Crippen LogP contribution in [0.3, 0.4) is 0 Å². The maximum atomic E-state index is 13.0. The fourth-order valence-electron chi connectivity index (χ4n) is 1.01. The van der Waals surface area contributed by atoms with E-state index in [-0.39, 0.29) is 11.3 Å². The topological polar surface area (TPSA) is 51.8 Å². The number of nitrogen functional groups attached to an aromatic ring is 1. The molecule has 60 valence electrons. The lowest BCUT2D eigenvalue weighted by atomic mass is 10.3. The molecule has 0 spiro atoms. The third-order valence-electron chi connectivity index (χ3n) is 1.54. The van der Waals surface area contributed by atoms with Crippen LogP contribution in [0.1, 0.15) is 0 Å². The second kappa shape index (κ2) is 2.41. The molecule has 0 radical (unpaired) electrons. The lowest BCUT2D eigenvalue weighted by Gasteiger charge is -1.97. The third kappa shape index (κ3) is 0.972. The van der Waals surface area contributed by atoms with E-state index in [9.17, 15) is 4.39 Å². The molecular weight excluding hydrogens is 157 g/mol. The summed E-state index contributed by atoms with van der Waals surface area (Å²) >= 11 is 0. The zero-order chi connectivity index (χ0) is 8.55. The van der Waals surface area contributed by atoms with Crippen molar-refractivity contribution in [2.24, 2.45) is 0 Å². The number of nitrogens with two attached hydrogens (primary N) is 1. The molecule has 0 aliphatic heterocycles. The van der Waals surface area contributed by atoms with Crippen molar-refractivity contribution in [3.63, 3.8) is 0 Å². The van der Waals surface area contributed by atoms with E-state index in [0.717, 1.165) is 0 Å². The first-order valence-corrected chi connectivity index (χ1v) is 3.44. The van der Waals surface area contributed by atoms with E-state index in [1.54, 1.807) is 12.1 Å². The number of nitrogens with zero attached hydrogens (tertiary/aromatic N) is 2. The van der Waals surface area contributed by atoms with Crippen molar-refractivity contribution in [1.29, 1.82) is 0 Å². The Hall–Kier alpha value is -1.71. The lowest BCUT2D eigenvalue weighted by Crippen LogP contribution is -1.93. The smallest absolute Gasteiger partial charge is 0.151 e. The molecular formula is C8H6FN3. The van der Waals surface area contributed by atoms with Crippen molar-refractivity contribution in [3.8, 4) is 0 Å². The Labute approximate surface area is 68.1 Å². The molecule has 1 heterocycles. The molecule has 0 saturated heterocycles. The zero-order valence-corrected chi connectivity index (χ0v) is 6.16. The Kier molecular flexibility index (Phi) is 1.40. The van der Waals surface area contributed by atoms with Crippen LogP contribution in [0.2, 0.25) is 0 Å². The molecule has 0 amide bonds. The van der Waals surface area contributed by atoms with Crippen molar-refractivity contribution in [3.05, 3.63) is 30.2 Å². The molecule has 12 heavy (non-hydrogen) atoms. The van der Waals surface area contributed by atoms with E-state index in [2.05, 4.69) is 9.97 Å². The number of rotatable bonds is 0. The van der Waals surface area contributed by atoms with Gasteiger partial charge in [0.25, 0.3) is 0 Å². The van der Waals surface area contributed by atoms with Gasteiger partial charge in [-0.3, -0.25) is 4.98 Å². The minimum absolute atomic E-state index is 0.220. The Morgan fingerprint density at radius 1 is 1.33 bits per heavy atom. The Bertz CT molecular complexity index is 428. The van der Waals surface area contributed by atoms with Crippen LogP contribution in [0.15, 0.2) is 24.4 Å². The maximum Gasteiger partial charge on any atom is 0.151 e. The fraction of sp³-hybridized carbons (Fsp3) is 0. The number of aromatic nitrogens is 2. The molecule has 0 saturated carbocycles. The van der Waals surface area contributed by atoms with Gasteiger partial charge in [-0.25, -0.2) is 9.37 Å². The van der Waals surface area contributed by atoms with Crippen molar-refractivity contribution in [2.45, 2.75) is 0 Å². The summed E-state index contributed by atoms with van der Waals surface area (Å²) in [5.41, 5.74) is 6.09. The average Bonchev–Trinajstić information content (AvgIpc) is 2.07. The van der Waals surface area contributed by atoms with Crippen LogP contribution < -0.4 is 5.73 Å². The van der Waals surface area contributed by atoms with Crippen LogP contribution in [0, 0.1) is 5.82 Å². The molecule has 4 heteroatoms. The summed E-state index contributed by atoms with van der Waals surface area (Å²) in [7, 11) is 0. The van der Waals surface area contributed by atoms with Crippen LogP contribution in [0.4, 0.5) is 10.2 Å². The number of anilines is 1. The molecule has 0 aliphatic rings. The third-order valence-corrected chi connectivity index (χ3v) is 1.54. The summed E-state index contributed by atoms with van der Waals surface area (Å²) in [5.74, 6) is -0.167. The molecule has 0 unspecified atom stereocenters. The highest BCUT2D eigenvalue weighted by atomic mass is 19.1. The summed E-state index contributed by atoms with van der Waals surface area (Å²) in [5, 5.41) is 0. The Balaban J connectivity index is 2.88. The second-order valence-corrected chi connectivity index (χ2v) is 2.40. The molecule has 1 aromatic carbocycles.